The second-order valence-electron chi connectivity index (χ2n) is 5.61. The lowest BCUT2D eigenvalue weighted by Crippen LogP contribution is -2.49. The van der Waals surface area contributed by atoms with Gasteiger partial charge in [0.15, 0.2) is 0 Å². The number of hydrazine groups is 1. The molecule has 1 aliphatic rings. The standard InChI is InChI=1S/C18H21N3/c1-14-13-21(2)20-18(19-14)17(15-9-5-3-6-10-15)16-11-7-4-8-12-16/h3-12,14,17H,13H2,1-2H3,(H,19,20)/t14-/m0/s1. The highest BCUT2D eigenvalue weighted by Gasteiger charge is 2.25. The highest BCUT2D eigenvalue weighted by molar-refractivity contribution is 5.92. The van der Waals surface area contributed by atoms with Gasteiger partial charge in [0.2, 0.25) is 0 Å². The van der Waals surface area contributed by atoms with Gasteiger partial charge in [0.05, 0.1) is 12.0 Å². The van der Waals surface area contributed by atoms with Crippen LogP contribution in [0.3, 0.4) is 0 Å². The van der Waals surface area contributed by atoms with Crippen molar-refractivity contribution in [3.63, 3.8) is 0 Å². The predicted octanol–water partition coefficient (Wildman–Crippen LogP) is 3.06. The first kappa shape index (κ1) is 13.8. The van der Waals surface area contributed by atoms with Gasteiger partial charge in [-0.1, -0.05) is 60.7 Å². The van der Waals surface area contributed by atoms with E-state index in [1.54, 1.807) is 0 Å². The third kappa shape index (κ3) is 3.14. The highest BCUT2D eigenvalue weighted by Crippen LogP contribution is 2.26. The largest absolute Gasteiger partial charge is 0.306 e. The summed E-state index contributed by atoms with van der Waals surface area (Å²) in [5.74, 6) is 1.17. The number of hydrogen-bond donors (Lipinski definition) is 1. The van der Waals surface area contributed by atoms with Gasteiger partial charge in [-0.15, -0.1) is 0 Å². The quantitative estimate of drug-likeness (QED) is 0.935. The maximum absolute atomic E-state index is 4.85. The van der Waals surface area contributed by atoms with E-state index >= 15 is 0 Å². The topological polar surface area (TPSA) is 27.6 Å². The van der Waals surface area contributed by atoms with E-state index in [1.165, 1.54) is 11.1 Å². The lowest BCUT2D eigenvalue weighted by atomic mass is 9.90. The Hall–Kier alpha value is -2.13. The van der Waals surface area contributed by atoms with Crippen LogP contribution in [0.5, 0.6) is 0 Å². The van der Waals surface area contributed by atoms with Crippen LogP contribution in [0, 0.1) is 0 Å². The van der Waals surface area contributed by atoms with E-state index in [0.29, 0.717) is 6.04 Å². The first-order chi connectivity index (χ1) is 10.2. The fourth-order valence-electron chi connectivity index (χ4n) is 2.88. The zero-order valence-corrected chi connectivity index (χ0v) is 12.5. The van der Waals surface area contributed by atoms with Gasteiger partial charge in [-0.2, -0.15) is 0 Å². The molecule has 0 fully saturated rings. The van der Waals surface area contributed by atoms with E-state index in [-0.39, 0.29) is 5.92 Å². The van der Waals surface area contributed by atoms with Gasteiger partial charge in [-0.05, 0) is 18.1 Å². The van der Waals surface area contributed by atoms with E-state index in [0.717, 1.165) is 12.4 Å². The third-order valence-corrected chi connectivity index (χ3v) is 3.74. The number of nitrogens with zero attached hydrogens (tertiary/aromatic N) is 2. The molecular weight excluding hydrogens is 258 g/mol. The average molecular weight is 279 g/mol. The Balaban J connectivity index is 2.05. The molecule has 1 aliphatic heterocycles. The first-order valence-electron chi connectivity index (χ1n) is 7.39. The Morgan fingerprint density at radius 1 is 1.00 bits per heavy atom. The lowest BCUT2D eigenvalue weighted by Gasteiger charge is -2.32. The van der Waals surface area contributed by atoms with E-state index in [2.05, 4.69) is 85.1 Å². The summed E-state index contributed by atoms with van der Waals surface area (Å²) in [5, 5.41) is 2.12. The molecule has 3 heteroatoms. The Morgan fingerprint density at radius 2 is 1.52 bits per heavy atom. The molecule has 0 saturated carbocycles. The summed E-state index contributed by atoms with van der Waals surface area (Å²) < 4.78 is 0. The fourth-order valence-corrected chi connectivity index (χ4v) is 2.88. The molecule has 1 atom stereocenters. The second-order valence-corrected chi connectivity index (χ2v) is 5.61. The van der Waals surface area contributed by atoms with Crippen LogP contribution in [0.4, 0.5) is 0 Å². The summed E-state index contributed by atoms with van der Waals surface area (Å²) in [6.45, 7) is 3.09. The maximum atomic E-state index is 4.85. The molecule has 1 N–H and O–H groups in total. The van der Waals surface area contributed by atoms with Crippen molar-refractivity contribution in [2.24, 2.45) is 4.99 Å². The fraction of sp³-hybridized carbons (Fsp3) is 0.278. The van der Waals surface area contributed by atoms with Crippen molar-refractivity contribution in [3.8, 4) is 0 Å². The Kier molecular flexibility index (Phi) is 4.02. The van der Waals surface area contributed by atoms with Gasteiger partial charge in [-0.25, -0.2) is 5.01 Å². The van der Waals surface area contributed by atoms with Crippen LogP contribution in [-0.4, -0.2) is 30.5 Å². The monoisotopic (exact) mass is 279 g/mol. The van der Waals surface area contributed by atoms with Crippen molar-refractivity contribution in [2.75, 3.05) is 13.6 Å². The zero-order valence-electron chi connectivity index (χ0n) is 12.5. The number of rotatable bonds is 3. The van der Waals surface area contributed by atoms with Gasteiger partial charge in [-0.3, -0.25) is 4.99 Å². The van der Waals surface area contributed by atoms with Gasteiger partial charge in [0.25, 0.3) is 0 Å². The van der Waals surface area contributed by atoms with Crippen molar-refractivity contribution in [3.05, 3.63) is 71.8 Å². The van der Waals surface area contributed by atoms with Crippen molar-refractivity contribution in [1.82, 2.24) is 10.4 Å². The summed E-state index contributed by atoms with van der Waals surface area (Å²) in [6, 6.07) is 21.4. The number of aliphatic imine (C=N–C) groups is 1. The zero-order chi connectivity index (χ0) is 14.7. The molecule has 0 bridgehead atoms. The molecule has 0 spiro atoms. The predicted molar refractivity (Wildman–Crippen MR) is 87.4 cm³/mol. The molecule has 2 aromatic rings. The summed E-state index contributed by atoms with van der Waals surface area (Å²) in [6.07, 6.45) is 0. The number of likely N-dealkylation sites (N-methyl/N-ethyl adjacent to an activating group) is 1. The Labute approximate surface area is 126 Å². The van der Waals surface area contributed by atoms with E-state index in [4.69, 9.17) is 4.99 Å². The first-order valence-corrected chi connectivity index (χ1v) is 7.39. The SMILES string of the molecule is C[C@H]1CN(C)NC(C(c2ccccc2)c2ccccc2)=N1. The molecule has 0 aliphatic carbocycles. The van der Waals surface area contributed by atoms with Gasteiger partial charge in [0, 0.05) is 13.6 Å². The molecule has 0 unspecified atom stereocenters. The van der Waals surface area contributed by atoms with Crippen LogP contribution < -0.4 is 5.43 Å². The van der Waals surface area contributed by atoms with Crippen LogP contribution in [0.25, 0.3) is 0 Å². The second kappa shape index (κ2) is 6.10. The summed E-state index contributed by atoms with van der Waals surface area (Å²) in [4.78, 5) is 4.85. The van der Waals surface area contributed by atoms with Crippen LogP contribution >= 0.6 is 0 Å². The van der Waals surface area contributed by atoms with Gasteiger partial charge in [0.1, 0.15) is 5.84 Å². The molecule has 0 aromatic heterocycles. The number of nitrogens with one attached hydrogen (secondary N) is 1. The van der Waals surface area contributed by atoms with Crippen molar-refractivity contribution >= 4 is 5.84 Å². The van der Waals surface area contributed by atoms with Crippen LogP contribution in [-0.2, 0) is 0 Å². The summed E-state index contributed by atoms with van der Waals surface area (Å²) >= 11 is 0. The molecule has 21 heavy (non-hydrogen) atoms. The van der Waals surface area contributed by atoms with Gasteiger partial charge >= 0.3 is 0 Å². The molecule has 0 saturated heterocycles. The van der Waals surface area contributed by atoms with E-state index < -0.39 is 0 Å². The molecule has 1 heterocycles. The van der Waals surface area contributed by atoms with Crippen molar-refractivity contribution in [1.29, 1.82) is 0 Å². The molecule has 3 nitrogen and oxygen atoms in total. The minimum Gasteiger partial charge on any atom is -0.306 e. The van der Waals surface area contributed by atoms with Crippen LogP contribution in [0.1, 0.15) is 24.0 Å². The van der Waals surface area contributed by atoms with Crippen LogP contribution in [0.15, 0.2) is 65.7 Å². The molecule has 0 amide bonds. The minimum absolute atomic E-state index is 0.151. The number of hydrogen-bond acceptors (Lipinski definition) is 3. The van der Waals surface area contributed by atoms with Crippen LogP contribution in [0.2, 0.25) is 0 Å². The summed E-state index contributed by atoms with van der Waals surface area (Å²) in [5.41, 5.74) is 5.95. The summed E-state index contributed by atoms with van der Waals surface area (Å²) in [7, 11) is 2.07. The highest BCUT2D eigenvalue weighted by atomic mass is 15.5. The smallest absolute Gasteiger partial charge is 0.123 e. The number of benzene rings is 2. The minimum atomic E-state index is 0.151. The van der Waals surface area contributed by atoms with Gasteiger partial charge < -0.3 is 5.43 Å². The van der Waals surface area contributed by atoms with E-state index in [1.807, 2.05) is 0 Å². The molecular formula is C18H21N3. The molecule has 0 radical (unpaired) electrons. The third-order valence-electron chi connectivity index (χ3n) is 3.74. The molecule has 108 valence electrons. The molecule has 3 rings (SSSR count). The van der Waals surface area contributed by atoms with Crippen molar-refractivity contribution in [2.45, 2.75) is 18.9 Å². The maximum Gasteiger partial charge on any atom is 0.123 e. The number of amidine groups is 1. The van der Waals surface area contributed by atoms with Crippen molar-refractivity contribution < 1.29 is 0 Å². The Bertz CT molecular complexity index is 567. The Morgan fingerprint density at radius 3 is 2.00 bits per heavy atom. The average Bonchev–Trinajstić information content (AvgIpc) is 2.49. The normalized spacial score (nSPS) is 19.2. The van der Waals surface area contributed by atoms with E-state index in [9.17, 15) is 0 Å². The lowest BCUT2D eigenvalue weighted by molar-refractivity contribution is 0.258. The molecule has 2 aromatic carbocycles.